The van der Waals surface area contributed by atoms with Gasteiger partial charge in [-0.05, 0) is 13.8 Å². The van der Waals surface area contributed by atoms with Gasteiger partial charge in [0.05, 0.1) is 17.6 Å². The molecular formula is C10H12ClN3S. The lowest BCUT2D eigenvalue weighted by Crippen LogP contribution is -2.07. The summed E-state index contributed by atoms with van der Waals surface area (Å²) in [6.45, 7) is 4.11. The number of hydrogen-bond donors (Lipinski definition) is 0. The van der Waals surface area contributed by atoms with Crippen LogP contribution >= 0.6 is 22.9 Å². The number of halogens is 1. The second-order valence-corrected chi connectivity index (χ2v) is 4.53. The molecule has 0 bridgehead atoms. The SMILES string of the molecule is Cc1nccn1C(C)c1nc(CCl)cs1. The molecule has 15 heavy (non-hydrogen) atoms. The van der Waals surface area contributed by atoms with Crippen LogP contribution in [0.3, 0.4) is 0 Å². The van der Waals surface area contributed by atoms with Crippen molar-refractivity contribution in [2.45, 2.75) is 25.8 Å². The summed E-state index contributed by atoms with van der Waals surface area (Å²) in [4.78, 5) is 8.67. The quantitative estimate of drug-likeness (QED) is 0.774. The highest BCUT2D eigenvalue weighted by atomic mass is 35.5. The van der Waals surface area contributed by atoms with E-state index in [-0.39, 0.29) is 6.04 Å². The minimum absolute atomic E-state index is 0.231. The van der Waals surface area contributed by atoms with Gasteiger partial charge in [0.2, 0.25) is 0 Å². The zero-order valence-corrected chi connectivity index (χ0v) is 10.2. The van der Waals surface area contributed by atoms with E-state index in [1.54, 1.807) is 11.3 Å². The summed E-state index contributed by atoms with van der Waals surface area (Å²) < 4.78 is 2.11. The van der Waals surface area contributed by atoms with Gasteiger partial charge >= 0.3 is 0 Å². The van der Waals surface area contributed by atoms with Gasteiger partial charge in [0.25, 0.3) is 0 Å². The van der Waals surface area contributed by atoms with E-state index in [1.165, 1.54) is 0 Å². The molecule has 2 heterocycles. The lowest BCUT2D eigenvalue weighted by molar-refractivity contribution is 0.614. The molecule has 3 nitrogen and oxygen atoms in total. The van der Waals surface area contributed by atoms with Crippen molar-refractivity contribution in [1.82, 2.24) is 14.5 Å². The second kappa shape index (κ2) is 4.33. The maximum absolute atomic E-state index is 5.73. The first-order chi connectivity index (χ1) is 7.22. The third-order valence-corrected chi connectivity index (χ3v) is 3.68. The summed E-state index contributed by atoms with van der Waals surface area (Å²) in [6.07, 6.45) is 3.78. The van der Waals surface area contributed by atoms with Crippen molar-refractivity contribution in [3.63, 3.8) is 0 Å². The number of thiazole rings is 1. The Labute approximate surface area is 97.8 Å². The number of aryl methyl sites for hydroxylation is 1. The van der Waals surface area contributed by atoms with Gasteiger partial charge < -0.3 is 4.57 Å². The Morgan fingerprint density at radius 1 is 1.60 bits per heavy atom. The van der Waals surface area contributed by atoms with Crippen LogP contribution in [0.25, 0.3) is 0 Å². The molecule has 2 aromatic heterocycles. The molecule has 0 saturated carbocycles. The summed E-state index contributed by atoms with van der Waals surface area (Å²) in [5.74, 6) is 1.48. The van der Waals surface area contributed by atoms with Crippen molar-refractivity contribution in [3.8, 4) is 0 Å². The van der Waals surface area contributed by atoms with Crippen LogP contribution in [0.4, 0.5) is 0 Å². The third kappa shape index (κ3) is 2.06. The van der Waals surface area contributed by atoms with E-state index in [2.05, 4.69) is 21.5 Å². The fourth-order valence-corrected chi connectivity index (χ4v) is 2.59. The van der Waals surface area contributed by atoms with Crippen LogP contribution in [-0.4, -0.2) is 14.5 Å². The molecular weight excluding hydrogens is 230 g/mol. The highest BCUT2D eigenvalue weighted by Crippen LogP contribution is 2.23. The molecule has 1 unspecified atom stereocenters. The van der Waals surface area contributed by atoms with Gasteiger partial charge in [-0.25, -0.2) is 9.97 Å². The van der Waals surface area contributed by atoms with Crippen LogP contribution in [0.15, 0.2) is 17.8 Å². The zero-order chi connectivity index (χ0) is 10.8. The standard InChI is InChI=1S/C10H12ClN3S/c1-7(14-4-3-12-8(14)2)10-13-9(5-11)6-15-10/h3-4,6-7H,5H2,1-2H3. The highest BCUT2D eigenvalue weighted by Gasteiger charge is 2.13. The smallest absolute Gasteiger partial charge is 0.116 e. The van der Waals surface area contributed by atoms with E-state index in [0.29, 0.717) is 5.88 Å². The molecule has 0 amide bonds. The highest BCUT2D eigenvalue weighted by molar-refractivity contribution is 7.09. The Morgan fingerprint density at radius 3 is 2.93 bits per heavy atom. The molecule has 0 aromatic carbocycles. The molecule has 0 N–H and O–H groups in total. The van der Waals surface area contributed by atoms with Gasteiger partial charge in [0.15, 0.2) is 0 Å². The van der Waals surface area contributed by atoms with Gasteiger partial charge in [-0.3, -0.25) is 0 Å². The van der Waals surface area contributed by atoms with Crippen LogP contribution in [0.5, 0.6) is 0 Å². The first-order valence-electron chi connectivity index (χ1n) is 4.72. The Morgan fingerprint density at radius 2 is 2.40 bits per heavy atom. The Balaban J connectivity index is 2.28. The number of imidazole rings is 1. The van der Waals surface area contributed by atoms with Crippen molar-refractivity contribution in [2.24, 2.45) is 0 Å². The van der Waals surface area contributed by atoms with Gasteiger partial charge in [0.1, 0.15) is 10.8 Å². The summed E-state index contributed by atoms with van der Waals surface area (Å²) in [7, 11) is 0. The van der Waals surface area contributed by atoms with E-state index in [1.807, 2.05) is 24.7 Å². The minimum Gasteiger partial charge on any atom is -0.326 e. The summed E-state index contributed by atoms with van der Waals surface area (Å²) in [6, 6.07) is 0.231. The topological polar surface area (TPSA) is 30.7 Å². The Kier molecular flexibility index (Phi) is 3.07. The lowest BCUT2D eigenvalue weighted by atomic mass is 10.3. The van der Waals surface area contributed by atoms with E-state index < -0.39 is 0 Å². The molecule has 0 saturated heterocycles. The lowest BCUT2D eigenvalue weighted by Gasteiger charge is -2.11. The fraction of sp³-hybridized carbons (Fsp3) is 0.400. The molecule has 80 valence electrons. The number of aromatic nitrogens is 3. The molecule has 0 aliphatic carbocycles. The predicted molar refractivity (Wildman–Crippen MR) is 62.4 cm³/mol. The van der Waals surface area contributed by atoms with Crippen molar-refractivity contribution in [3.05, 3.63) is 34.3 Å². The number of nitrogens with zero attached hydrogens (tertiary/aromatic N) is 3. The van der Waals surface area contributed by atoms with Crippen LogP contribution in [0.1, 0.15) is 29.5 Å². The molecule has 0 fully saturated rings. The van der Waals surface area contributed by atoms with Crippen molar-refractivity contribution in [2.75, 3.05) is 0 Å². The maximum atomic E-state index is 5.73. The molecule has 0 spiro atoms. The van der Waals surface area contributed by atoms with E-state index >= 15 is 0 Å². The van der Waals surface area contributed by atoms with Gasteiger partial charge in [-0.1, -0.05) is 0 Å². The first-order valence-corrected chi connectivity index (χ1v) is 6.13. The summed E-state index contributed by atoms with van der Waals surface area (Å²) in [5.41, 5.74) is 0.946. The number of alkyl halides is 1. The van der Waals surface area contributed by atoms with Crippen molar-refractivity contribution in [1.29, 1.82) is 0 Å². The minimum atomic E-state index is 0.231. The van der Waals surface area contributed by atoms with Crippen LogP contribution in [-0.2, 0) is 5.88 Å². The number of rotatable bonds is 3. The first kappa shape index (κ1) is 10.6. The summed E-state index contributed by atoms with van der Waals surface area (Å²) >= 11 is 7.37. The van der Waals surface area contributed by atoms with E-state index in [9.17, 15) is 0 Å². The molecule has 0 radical (unpaired) electrons. The van der Waals surface area contributed by atoms with Crippen LogP contribution < -0.4 is 0 Å². The average Bonchev–Trinajstić information content (AvgIpc) is 2.84. The molecule has 5 heteroatoms. The molecule has 1 atom stereocenters. The monoisotopic (exact) mass is 241 g/mol. The fourth-order valence-electron chi connectivity index (χ4n) is 1.49. The van der Waals surface area contributed by atoms with Gasteiger partial charge in [0, 0.05) is 17.8 Å². The normalized spacial score (nSPS) is 13.0. The number of hydrogen-bond acceptors (Lipinski definition) is 3. The maximum Gasteiger partial charge on any atom is 0.116 e. The van der Waals surface area contributed by atoms with Gasteiger partial charge in [-0.15, -0.1) is 22.9 Å². The van der Waals surface area contributed by atoms with Crippen LogP contribution in [0.2, 0.25) is 0 Å². The molecule has 2 rings (SSSR count). The Hall–Kier alpha value is -0.870. The average molecular weight is 242 g/mol. The van der Waals surface area contributed by atoms with Crippen molar-refractivity contribution >= 4 is 22.9 Å². The van der Waals surface area contributed by atoms with E-state index in [4.69, 9.17) is 11.6 Å². The summed E-state index contributed by atoms with van der Waals surface area (Å²) in [5, 5.41) is 3.08. The second-order valence-electron chi connectivity index (χ2n) is 3.37. The Bertz CT molecular complexity index is 449. The molecule has 0 aliphatic rings. The largest absolute Gasteiger partial charge is 0.326 e. The van der Waals surface area contributed by atoms with E-state index in [0.717, 1.165) is 16.5 Å². The zero-order valence-electron chi connectivity index (χ0n) is 8.64. The predicted octanol–water partition coefficient (Wildman–Crippen LogP) is 3.00. The molecule has 2 aromatic rings. The molecule has 0 aliphatic heterocycles. The third-order valence-electron chi connectivity index (χ3n) is 2.34. The van der Waals surface area contributed by atoms with Gasteiger partial charge in [-0.2, -0.15) is 0 Å². The van der Waals surface area contributed by atoms with Crippen molar-refractivity contribution < 1.29 is 0 Å². The van der Waals surface area contributed by atoms with Crippen LogP contribution in [0, 0.1) is 6.92 Å².